The molecule has 1 aromatic heterocycles. The molecule has 0 spiro atoms. The number of pyridine rings is 1. The van der Waals surface area contributed by atoms with Crippen LogP contribution in [0.1, 0.15) is 29.7 Å². The first-order valence-corrected chi connectivity index (χ1v) is 8.89. The molecular formula is C18H17Cl2FN2O4. The van der Waals surface area contributed by atoms with Crippen molar-refractivity contribution in [2.75, 3.05) is 11.9 Å². The Morgan fingerprint density at radius 3 is 2.70 bits per heavy atom. The molecule has 0 saturated heterocycles. The topological polar surface area (TPSA) is 103 Å². The third kappa shape index (κ3) is 3.41. The predicted octanol–water partition coefficient (Wildman–Crippen LogP) is 2.66. The summed E-state index contributed by atoms with van der Waals surface area (Å²) in [7, 11) is 0. The van der Waals surface area contributed by atoms with E-state index in [2.05, 4.69) is 10.3 Å². The van der Waals surface area contributed by atoms with Crippen LogP contribution in [0.15, 0.2) is 30.5 Å². The normalized spacial score (nSPS) is 24.4. The number of nitrogens with zero attached hydrogens (tertiary/aromatic N) is 1. The van der Waals surface area contributed by atoms with Gasteiger partial charge in [0, 0.05) is 22.3 Å². The Balaban J connectivity index is 2.02. The zero-order chi connectivity index (χ0) is 19.8. The molecule has 2 atom stereocenters. The van der Waals surface area contributed by atoms with Crippen LogP contribution < -0.4 is 5.32 Å². The minimum absolute atomic E-state index is 0.0533. The molecule has 0 fully saturated rings. The number of aliphatic hydroxyl groups excluding tert-OH is 2. The number of hydrogen-bond acceptors (Lipinski definition) is 5. The summed E-state index contributed by atoms with van der Waals surface area (Å²) in [5, 5.41) is 32.2. The lowest BCUT2D eigenvalue weighted by molar-refractivity contribution is -0.132. The number of fused-ring (bicyclic) bond motifs is 1. The van der Waals surface area contributed by atoms with E-state index in [-0.39, 0.29) is 45.4 Å². The van der Waals surface area contributed by atoms with Gasteiger partial charge in [-0.25, -0.2) is 4.39 Å². The Labute approximate surface area is 164 Å². The second-order valence-corrected chi connectivity index (χ2v) is 7.27. The van der Waals surface area contributed by atoms with E-state index in [4.69, 9.17) is 23.2 Å². The highest BCUT2D eigenvalue weighted by Crippen LogP contribution is 2.46. The van der Waals surface area contributed by atoms with Gasteiger partial charge in [0.1, 0.15) is 5.60 Å². The molecule has 9 heteroatoms. The number of amides is 1. The van der Waals surface area contributed by atoms with Crippen molar-refractivity contribution in [1.29, 1.82) is 0 Å². The van der Waals surface area contributed by atoms with Gasteiger partial charge in [0.15, 0.2) is 0 Å². The van der Waals surface area contributed by atoms with E-state index in [0.717, 1.165) is 0 Å². The zero-order valence-corrected chi connectivity index (χ0v) is 15.6. The summed E-state index contributed by atoms with van der Waals surface area (Å²) in [5.74, 6) is -1.02. The summed E-state index contributed by atoms with van der Waals surface area (Å²) in [6.07, 6.45) is 0.788. The Morgan fingerprint density at radius 1 is 1.30 bits per heavy atom. The fourth-order valence-corrected chi connectivity index (χ4v) is 3.80. The van der Waals surface area contributed by atoms with E-state index >= 15 is 4.39 Å². The first kappa shape index (κ1) is 20.0. The van der Waals surface area contributed by atoms with Crippen LogP contribution in [-0.4, -0.2) is 32.8 Å². The third-order valence-electron chi connectivity index (χ3n) is 4.73. The molecule has 0 unspecified atom stereocenters. The maximum Gasteiger partial charge on any atom is 0.266 e. The molecule has 1 amide bonds. The number of aliphatic hydroxyl groups is 3. The maximum atomic E-state index is 15.8. The quantitative estimate of drug-likeness (QED) is 0.615. The van der Waals surface area contributed by atoms with Crippen LogP contribution >= 0.6 is 23.2 Å². The third-order valence-corrected chi connectivity index (χ3v) is 5.24. The van der Waals surface area contributed by atoms with Crippen LogP contribution in [0.2, 0.25) is 10.0 Å². The van der Waals surface area contributed by atoms with E-state index in [1.165, 1.54) is 30.5 Å². The van der Waals surface area contributed by atoms with Gasteiger partial charge in [0.2, 0.25) is 5.67 Å². The highest BCUT2D eigenvalue weighted by Gasteiger charge is 2.52. The monoisotopic (exact) mass is 414 g/mol. The van der Waals surface area contributed by atoms with Crippen molar-refractivity contribution in [2.24, 2.45) is 0 Å². The van der Waals surface area contributed by atoms with Crippen LogP contribution in [0, 0.1) is 0 Å². The summed E-state index contributed by atoms with van der Waals surface area (Å²) in [4.78, 5) is 16.8. The molecule has 2 aromatic rings. The number of carbonyl (C=O) groups excluding carboxylic acids is 1. The van der Waals surface area contributed by atoms with Crippen molar-refractivity contribution in [3.05, 3.63) is 57.3 Å². The summed E-state index contributed by atoms with van der Waals surface area (Å²) in [6, 6.07) is 5.56. The van der Waals surface area contributed by atoms with Crippen LogP contribution in [-0.2, 0) is 22.7 Å². The summed E-state index contributed by atoms with van der Waals surface area (Å²) < 4.78 is 15.8. The molecular weight excluding hydrogens is 398 g/mol. The van der Waals surface area contributed by atoms with Crippen LogP contribution in [0.25, 0.3) is 0 Å². The van der Waals surface area contributed by atoms with Gasteiger partial charge in [0.25, 0.3) is 5.91 Å². The number of hydrogen-bond donors (Lipinski definition) is 4. The van der Waals surface area contributed by atoms with Gasteiger partial charge in [-0.15, -0.1) is 0 Å². The van der Waals surface area contributed by atoms with Crippen molar-refractivity contribution in [2.45, 2.75) is 30.7 Å². The number of benzene rings is 1. The van der Waals surface area contributed by atoms with E-state index in [9.17, 15) is 20.1 Å². The lowest BCUT2D eigenvalue weighted by atomic mass is 9.74. The minimum atomic E-state index is -2.50. The molecule has 1 aliphatic carbocycles. The number of alkyl halides is 1. The second-order valence-electron chi connectivity index (χ2n) is 6.42. The number of halogens is 3. The Bertz CT molecular complexity index is 898. The molecule has 1 aliphatic rings. The molecule has 27 heavy (non-hydrogen) atoms. The van der Waals surface area contributed by atoms with E-state index in [0.29, 0.717) is 0 Å². The van der Waals surface area contributed by atoms with Crippen molar-refractivity contribution in [3.8, 4) is 0 Å². The number of rotatable bonds is 4. The van der Waals surface area contributed by atoms with Gasteiger partial charge < -0.3 is 20.6 Å². The number of nitrogens with one attached hydrogen (secondary N) is 1. The van der Waals surface area contributed by atoms with Gasteiger partial charge in [-0.05, 0) is 31.0 Å². The molecule has 6 nitrogen and oxygen atoms in total. The largest absolute Gasteiger partial charge is 0.393 e. The lowest BCUT2D eigenvalue weighted by Gasteiger charge is -2.38. The summed E-state index contributed by atoms with van der Waals surface area (Å²) in [6.45, 7) is -1.11. The number of aromatic nitrogens is 1. The van der Waals surface area contributed by atoms with Gasteiger partial charge >= 0.3 is 0 Å². The SMILES string of the molecule is O=C(Nc1c(Cl)cc(Cl)cc1CO)[C@]1(F)CC[C@@](O)(CO)c2ncccc21. The fourth-order valence-electron chi connectivity index (χ4n) is 3.22. The molecule has 0 aliphatic heterocycles. The van der Waals surface area contributed by atoms with E-state index in [1.807, 2.05) is 0 Å². The molecule has 0 saturated carbocycles. The van der Waals surface area contributed by atoms with E-state index in [1.54, 1.807) is 0 Å². The van der Waals surface area contributed by atoms with Crippen LogP contribution in [0.4, 0.5) is 10.1 Å². The predicted molar refractivity (Wildman–Crippen MR) is 98.3 cm³/mol. The molecule has 1 aromatic carbocycles. The standard InChI is InChI=1S/C18H17Cl2FN2O4/c19-11-6-10(8-24)14(13(20)7-11)23-16(26)18(21)4-3-17(27,9-25)15-12(18)2-1-5-22-15/h1-2,5-7,24-25,27H,3-4,8-9H2,(H,23,26)/t17-,18+/m1/s1. The number of carbonyl (C=O) groups is 1. The highest BCUT2D eigenvalue weighted by molar-refractivity contribution is 6.37. The zero-order valence-electron chi connectivity index (χ0n) is 14.0. The average Bonchev–Trinajstić information content (AvgIpc) is 2.67. The average molecular weight is 415 g/mol. The molecule has 144 valence electrons. The van der Waals surface area contributed by atoms with Gasteiger partial charge in [0.05, 0.1) is 29.6 Å². The Hall–Kier alpha value is -1.77. The first-order valence-electron chi connectivity index (χ1n) is 8.13. The number of anilines is 1. The molecule has 0 radical (unpaired) electrons. The van der Waals surface area contributed by atoms with E-state index < -0.39 is 30.4 Å². The molecule has 4 N–H and O–H groups in total. The minimum Gasteiger partial charge on any atom is -0.393 e. The van der Waals surface area contributed by atoms with Gasteiger partial charge in [-0.1, -0.05) is 29.3 Å². The van der Waals surface area contributed by atoms with Crippen molar-refractivity contribution in [1.82, 2.24) is 4.98 Å². The summed E-state index contributed by atoms with van der Waals surface area (Å²) in [5.41, 5.74) is -4.14. The van der Waals surface area contributed by atoms with Crippen LogP contribution in [0.3, 0.4) is 0 Å². The lowest BCUT2D eigenvalue weighted by Crippen LogP contribution is -2.47. The van der Waals surface area contributed by atoms with Crippen molar-refractivity contribution < 1.29 is 24.5 Å². The fraction of sp³-hybridized carbons (Fsp3) is 0.333. The van der Waals surface area contributed by atoms with Crippen molar-refractivity contribution in [3.63, 3.8) is 0 Å². The Morgan fingerprint density at radius 2 is 2.04 bits per heavy atom. The van der Waals surface area contributed by atoms with Crippen molar-refractivity contribution >= 4 is 34.8 Å². The molecule has 0 bridgehead atoms. The van der Waals surface area contributed by atoms with Gasteiger partial charge in [-0.3, -0.25) is 9.78 Å². The molecule has 3 rings (SSSR count). The Kier molecular flexibility index (Phi) is 5.42. The van der Waals surface area contributed by atoms with Gasteiger partial charge in [-0.2, -0.15) is 0 Å². The van der Waals surface area contributed by atoms with Crippen LogP contribution in [0.5, 0.6) is 0 Å². The first-order chi connectivity index (χ1) is 12.7. The molecule has 1 heterocycles. The second kappa shape index (κ2) is 7.33. The summed E-state index contributed by atoms with van der Waals surface area (Å²) >= 11 is 12.0. The highest BCUT2D eigenvalue weighted by atomic mass is 35.5. The smallest absolute Gasteiger partial charge is 0.266 e. The maximum absolute atomic E-state index is 15.8.